The lowest BCUT2D eigenvalue weighted by Crippen LogP contribution is -2.26. The highest BCUT2D eigenvalue weighted by Crippen LogP contribution is 2.39. The molecule has 0 heterocycles. The van der Waals surface area contributed by atoms with Crippen molar-refractivity contribution < 1.29 is 0 Å². The SMILES string of the molecule is CCCNC1CCC(c2cccc(C3CCC3)c2)C1. The standard InChI is InChI=1S/C18H27N/c1-2-11-19-18-10-9-17(13-18)16-8-4-7-15(12-16)14-5-3-6-14/h4,7-8,12,14,17-19H,2-3,5-6,9-11,13H2,1H3. The molecule has 0 bridgehead atoms. The smallest absolute Gasteiger partial charge is 0.00730 e. The Kier molecular flexibility index (Phi) is 4.22. The van der Waals surface area contributed by atoms with Crippen LogP contribution in [0.4, 0.5) is 0 Å². The molecular weight excluding hydrogens is 230 g/mol. The Morgan fingerprint density at radius 1 is 1.05 bits per heavy atom. The maximum Gasteiger partial charge on any atom is 0.00730 e. The van der Waals surface area contributed by atoms with Gasteiger partial charge < -0.3 is 5.32 Å². The summed E-state index contributed by atoms with van der Waals surface area (Å²) in [6.07, 6.45) is 9.57. The first-order valence-electron chi connectivity index (χ1n) is 8.20. The fourth-order valence-electron chi connectivity index (χ4n) is 3.63. The van der Waals surface area contributed by atoms with Crippen molar-refractivity contribution in [1.29, 1.82) is 0 Å². The molecule has 1 aromatic rings. The van der Waals surface area contributed by atoms with Gasteiger partial charge in [0.15, 0.2) is 0 Å². The molecule has 1 N–H and O–H groups in total. The van der Waals surface area contributed by atoms with Crippen LogP contribution >= 0.6 is 0 Å². The van der Waals surface area contributed by atoms with Crippen LogP contribution in [-0.4, -0.2) is 12.6 Å². The van der Waals surface area contributed by atoms with Crippen LogP contribution in [0.15, 0.2) is 24.3 Å². The number of benzene rings is 1. The van der Waals surface area contributed by atoms with Crippen LogP contribution in [0.25, 0.3) is 0 Å². The van der Waals surface area contributed by atoms with Gasteiger partial charge in [-0.25, -0.2) is 0 Å². The minimum atomic E-state index is 0.761. The molecule has 1 heteroatoms. The van der Waals surface area contributed by atoms with Crippen LogP contribution < -0.4 is 5.32 Å². The first-order valence-corrected chi connectivity index (χ1v) is 8.20. The zero-order valence-corrected chi connectivity index (χ0v) is 12.2. The molecule has 0 spiro atoms. The second kappa shape index (κ2) is 6.09. The van der Waals surface area contributed by atoms with E-state index < -0.39 is 0 Å². The first kappa shape index (κ1) is 13.2. The fraction of sp³-hybridized carbons (Fsp3) is 0.667. The van der Waals surface area contributed by atoms with Gasteiger partial charge in [0.1, 0.15) is 0 Å². The van der Waals surface area contributed by atoms with Gasteiger partial charge in [0.2, 0.25) is 0 Å². The normalized spacial score (nSPS) is 27.4. The van der Waals surface area contributed by atoms with Crippen molar-refractivity contribution in [1.82, 2.24) is 5.32 Å². The molecule has 3 rings (SSSR count). The maximum atomic E-state index is 3.69. The molecule has 0 amide bonds. The highest BCUT2D eigenvalue weighted by molar-refractivity contribution is 5.30. The van der Waals surface area contributed by atoms with E-state index >= 15 is 0 Å². The minimum absolute atomic E-state index is 0.761. The molecule has 19 heavy (non-hydrogen) atoms. The molecule has 0 aromatic heterocycles. The summed E-state index contributed by atoms with van der Waals surface area (Å²) in [5.41, 5.74) is 3.21. The minimum Gasteiger partial charge on any atom is -0.314 e. The van der Waals surface area contributed by atoms with Gasteiger partial charge in [-0.05, 0) is 68.0 Å². The summed E-state index contributed by atoms with van der Waals surface area (Å²) in [5, 5.41) is 3.69. The highest BCUT2D eigenvalue weighted by atomic mass is 14.9. The van der Waals surface area contributed by atoms with Crippen LogP contribution in [0.5, 0.6) is 0 Å². The van der Waals surface area contributed by atoms with Crippen LogP contribution in [0.3, 0.4) is 0 Å². The molecule has 0 saturated heterocycles. The predicted octanol–water partition coefficient (Wildman–Crippen LogP) is 4.59. The Hall–Kier alpha value is -0.820. The summed E-state index contributed by atoms with van der Waals surface area (Å²) < 4.78 is 0. The van der Waals surface area contributed by atoms with Gasteiger partial charge in [-0.1, -0.05) is 37.6 Å². The molecule has 2 aliphatic rings. The second-order valence-corrected chi connectivity index (χ2v) is 6.46. The molecule has 2 atom stereocenters. The summed E-state index contributed by atoms with van der Waals surface area (Å²) >= 11 is 0. The van der Waals surface area contributed by atoms with Gasteiger partial charge in [-0.3, -0.25) is 0 Å². The summed E-state index contributed by atoms with van der Waals surface area (Å²) in [6.45, 7) is 3.43. The Labute approximate surface area is 117 Å². The third-order valence-corrected chi connectivity index (χ3v) is 5.07. The van der Waals surface area contributed by atoms with Gasteiger partial charge in [-0.2, -0.15) is 0 Å². The monoisotopic (exact) mass is 257 g/mol. The van der Waals surface area contributed by atoms with Crippen molar-refractivity contribution in [2.75, 3.05) is 6.54 Å². The molecule has 1 nitrogen and oxygen atoms in total. The lowest BCUT2D eigenvalue weighted by Gasteiger charge is -2.26. The predicted molar refractivity (Wildman–Crippen MR) is 81.7 cm³/mol. The van der Waals surface area contributed by atoms with Crippen molar-refractivity contribution in [3.63, 3.8) is 0 Å². The van der Waals surface area contributed by atoms with Crippen molar-refractivity contribution in [2.45, 2.75) is 69.7 Å². The van der Waals surface area contributed by atoms with E-state index in [4.69, 9.17) is 0 Å². The lowest BCUT2D eigenvalue weighted by molar-refractivity contribution is 0.419. The Bertz CT molecular complexity index is 408. The van der Waals surface area contributed by atoms with Gasteiger partial charge >= 0.3 is 0 Å². The molecule has 0 aliphatic heterocycles. The number of hydrogen-bond acceptors (Lipinski definition) is 1. The zero-order chi connectivity index (χ0) is 13.1. The molecule has 2 fully saturated rings. The average molecular weight is 257 g/mol. The third-order valence-electron chi connectivity index (χ3n) is 5.07. The average Bonchev–Trinajstić information content (AvgIpc) is 2.83. The Morgan fingerprint density at radius 3 is 2.53 bits per heavy atom. The number of rotatable bonds is 5. The van der Waals surface area contributed by atoms with Crippen molar-refractivity contribution in [3.05, 3.63) is 35.4 Å². The Balaban J connectivity index is 1.62. The van der Waals surface area contributed by atoms with Crippen molar-refractivity contribution in [2.24, 2.45) is 0 Å². The quantitative estimate of drug-likeness (QED) is 0.813. The topological polar surface area (TPSA) is 12.0 Å². The Morgan fingerprint density at radius 2 is 1.84 bits per heavy atom. The summed E-state index contributed by atoms with van der Waals surface area (Å²) in [7, 11) is 0. The van der Waals surface area contributed by atoms with Gasteiger partial charge in [0, 0.05) is 6.04 Å². The second-order valence-electron chi connectivity index (χ2n) is 6.46. The summed E-state index contributed by atoms with van der Waals surface area (Å²) in [4.78, 5) is 0. The van der Waals surface area contributed by atoms with Crippen LogP contribution in [0, 0.1) is 0 Å². The third kappa shape index (κ3) is 3.02. The van der Waals surface area contributed by atoms with E-state index in [2.05, 4.69) is 36.5 Å². The van der Waals surface area contributed by atoms with Crippen LogP contribution in [-0.2, 0) is 0 Å². The molecule has 2 aliphatic carbocycles. The molecule has 2 unspecified atom stereocenters. The number of nitrogens with one attached hydrogen (secondary N) is 1. The van der Waals surface area contributed by atoms with Crippen molar-refractivity contribution in [3.8, 4) is 0 Å². The molecular formula is C18H27N. The number of hydrogen-bond donors (Lipinski definition) is 1. The molecule has 0 radical (unpaired) electrons. The van der Waals surface area contributed by atoms with E-state index in [-0.39, 0.29) is 0 Å². The first-order chi connectivity index (χ1) is 9.36. The van der Waals surface area contributed by atoms with Gasteiger partial charge in [0.05, 0.1) is 0 Å². The van der Waals surface area contributed by atoms with Crippen molar-refractivity contribution >= 4 is 0 Å². The van der Waals surface area contributed by atoms with E-state index in [0.717, 1.165) is 17.9 Å². The summed E-state index contributed by atoms with van der Waals surface area (Å²) in [6, 6.07) is 10.3. The van der Waals surface area contributed by atoms with Gasteiger partial charge in [-0.15, -0.1) is 0 Å². The highest BCUT2D eigenvalue weighted by Gasteiger charge is 2.26. The van der Waals surface area contributed by atoms with E-state index in [0.29, 0.717) is 0 Å². The van der Waals surface area contributed by atoms with E-state index in [1.54, 1.807) is 11.1 Å². The largest absolute Gasteiger partial charge is 0.314 e. The van der Waals surface area contributed by atoms with Crippen LogP contribution in [0.2, 0.25) is 0 Å². The van der Waals surface area contributed by atoms with Crippen LogP contribution in [0.1, 0.15) is 74.8 Å². The van der Waals surface area contributed by atoms with Gasteiger partial charge in [0.25, 0.3) is 0 Å². The van der Waals surface area contributed by atoms with E-state index in [9.17, 15) is 0 Å². The molecule has 2 saturated carbocycles. The van der Waals surface area contributed by atoms with E-state index in [1.165, 1.54) is 51.5 Å². The summed E-state index contributed by atoms with van der Waals surface area (Å²) in [5.74, 6) is 1.67. The fourth-order valence-corrected chi connectivity index (χ4v) is 3.63. The lowest BCUT2D eigenvalue weighted by atomic mass is 9.79. The maximum absolute atomic E-state index is 3.69. The molecule has 1 aromatic carbocycles. The zero-order valence-electron chi connectivity index (χ0n) is 12.2. The molecule has 104 valence electrons. The van der Waals surface area contributed by atoms with E-state index in [1.807, 2.05) is 0 Å².